The van der Waals surface area contributed by atoms with Gasteiger partial charge in [0.1, 0.15) is 11.5 Å². The van der Waals surface area contributed by atoms with Gasteiger partial charge >= 0.3 is 0 Å². The van der Waals surface area contributed by atoms with Gasteiger partial charge in [-0.3, -0.25) is 4.79 Å². The lowest BCUT2D eigenvalue weighted by molar-refractivity contribution is 0.103. The predicted molar refractivity (Wildman–Crippen MR) is 81.2 cm³/mol. The van der Waals surface area contributed by atoms with Crippen molar-refractivity contribution in [2.24, 2.45) is 0 Å². The van der Waals surface area contributed by atoms with E-state index in [0.717, 1.165) is 6.42 Å². The molecule has 106 valence electrons. The van der Waals surface area contributed by atoms with E-state index in [0.29, 0.717) is 22.1 Å². The Hall–Kier alpha value is -2.01. The average molecular weight is 291 g/mol. The van der Waals surface area contributed by atoms with Crippen LogP contribution >= 0.6 is 11.3 Å². The third kappa shape index (κ3) is 3.30. The molecule has 1 aromatic carbocycles. The zero-order valence-electron chi connectivity index (χ0n) is 11.7. The van der Waals surface area contributed by atoms with Crippen molar-refractivity contribution in [1.82, 2.24) is 0 Å². The molecule has 0 aliphatic rings. The van der Waals surface area contributed by atoms with Gasteiger partial charge in [-0.15, -0.1) is 11.3 Å². The van der Waals surface area contributed by atoms with Crippen LogP contribution in [0.3, 0.4) is 0 Å². The summed E-state index contributed by atoms with van der Waals surface area (Å²) in [6.07, 6.45) is 0.935. The number of benzene rings is 1. The third-order valence-corrected chi connectivity index (χ3v) is 4.07. The number of aryl methyl sites for hydroxylation is 1. The Labute approximate surface area is 122 Å². The standard InChI is InChI=1S/C15H17NO3S/c1-4-13-5-6-14(20-13)15(17)16-10-7-11(18-2)9-12(8-10)19-3/h5-9H,4H2,1-3H3,(H,16,17). The van der Waals surface area contributed by atoms with E-state index < -0.39 is 0 Å². The van der Waals surface area contributed by atoms with Crippen LogP contribution < -0.4 is 14.8 Å². The van der Waals surface area contributed by atoms with E-state index in [-0.39, 0.29) is 5.91 Å². The quantitative estimate of drug-likeness (QED) is 0.916. The van der Waals surface area contributed by atoms with E-state index in [9.17, 15) is 4.79 Å². The van der Waals surface area contributed by atoms with Gasteiger partial charge in [0.05, 0.1) is 19.1 Å². The van der Waals surface area contributed by atoms with Crippen molar-refractivity contribution >= 4 is 22.9 Å². The van der Waals surface area contributed by atoms with E-state index in [1.54, 1.807) is 32.4 Å². The molecular formula is C15H17NO3S. The summed E-state index contributed by atoms with van der Waals surface area (Å²) in [5.41, 5.74) is 0.651. The number of thiophene rings is 1. The van der Waals surface area contributed by atoms with E-state index in [1.165, 1.54) is 16.2 Å². The van der Waals surface area contributed by atoms with Crippen LogP contribution in [0.25, 0.3) is 0 Å². The van der Waals surface area contributed by atoms with Gasteiger partial charge in [-0.1, -0.05) is 6.92 Å². The predicted octanol–water partition coefficient (Wildman–Crippen LogP) is 3.58. The first-order valence-electron chi connectivity index (χ1n) is 6.29. The summed E-state index contributed by atoms with van der Waals surface area (Å²) in [6.45, 7) is 2.07. The Bertz CT molecular complexity index is 585. The Balaban J connectivity index is 2.18. The molecule has 0 unspecified atom stereocenters. The lowest BCUT2D eigenvalue weighted by Gasteiger charge is -2.09. The summed E-state index contributed by atoms with van der Waals surface area (Å²) >= 11 is 1.51. The second-order valence-electron chi connectivity index (χ2n) is 4.17. The van der Waals surface area contributed by atoms with Crippen LogP contribution in [-0.2, 0) is 6.42 Å². The van der Waals surface area contributed by atoms with Crippen LogP contribution in [0, 0.1) is 0 Å². The van der Waals surface area contributed by atoms with Gasteiger partial charge in [0.15, 0.2) is 0 Å². The SMILES string of the molecule is CCc1ccc(C(=O)Nc2cc(OC)cc(OC)c2)s1. The molecule has 2 rings (SSSR count). The van der Waals surface area contributed by atoms with Crippen molar-refractivity contribution in [3.05, 3.63) is 40.1 Å². The molecule has 0 saturated heterocycles. The zero-order chi connectivity index (χ0) is 14.5. The van der Waals surface area contributed by atoms with Crippen molar-refractivity contribution < 1.29 is 14.3 Å². The van der Waals surface area contributed by atoms with Crippen LogP contribution in [0.5, 0.6) is 11.5 Å². The highest BCUT2D eigenvalue weighted by molar-refractivity contribution is 7.14. The van der Waals surface area contributed by atoms with Crippen LogP contribution in [0.4, 0.5) is 5.69 Å². The fourth-order valence-corrected chi connectivity index (χ4v) is 2.60. The van der Waals surface area contributed by atoms with E-state index in [1.807, 2.05) is 12.1 Å². The highest BCUT2D eigenvalue weighted by Crippen LogP contribution is 2.26. The summed E-state index contributed by atoms with van der Waals surface area (Å²) in [6, 6.07) is 9.10. The van der Waals surface area contributed by atoms with Crippen molar-refractivity contribution in [2.75, 3.05) is 19.5 Å². The lowest BCUT2D eigenvalue weighted by atomic mass is 10.2. The van der Waals surface area contributed by atoms with Crippen molar-refractivity contribution in [3.8, 4) is 11.5 Å². The van der Waals surface area contributed by atoms with Crippen LogP contribution in [0.2, 0.25) is 0 Å². The first-order chi connectivity index (χ1) is 9.66. The lowest BCUT2D eigenvalue weighted by Crippen LogP contribution is -2.10. The number of hydrogen-bond donors (Lipinski definition) is 1. The van der Waals surface area contributed by atoms with Gasteiger partial charge in [-0.2, -0.15) is 0 Å². The minimum atomic E-state index is -0.120. The van der Waals surface area contributed by atoms with Gasteiger partial charge < -0.3 is 14.8 Å². The molecule has 1 aromatic heterocycles. The van der Waals surface area contributed by atoms with Crippen LogP contribution in [-0.4, -0.2) is 20.1 Å². The highest BCUT2D eigenvalue weighted by atomic mass is 32.1. The summed E-state index contributed by atoms with van der Waals surface area (Å²) in [5, 5.41) is 2.86. The first-order valence-corrected chi connectivity index (χ1v) is 7.11. The maximum atomic E-state index is 12.2. The van der Waals surface area contributed by atoms with Gasteiger partial charge in [0.25, 0.3) is 5.91 Å². The van der Waals surface area contributed by atoms with E-state index >= 15 is 0 Å². The fourth-order valence-electron chi connectivity index (χ4n) is 1.76. The van der Waals surface area contributed by atoms with Crippen LogP contribution in [0.1, 0.15) is 21.5 Å². The molecule has 0 saturated carbocycles. The number of carbonyl (C=O) groups is 1. The van der Waals surface area contributed by atoms with Gasteiger partial charge in [-0.05, 0) is 18.6 Å². The Kier molecular flexibility index (Phi) is 4.63. The smallest absolute Gasteiger partial charge is 0.265 e. The molecule has 0 bridgehead atoms. The molecule has 0 spiro atoms. The molecule has 4 nitrogen and oxygen atoms in total. The molecule has 1 amide bonds. The minimum Gasteiger partial charge on any atom is -0.497 e. The summed E-state index contributed by atoms with van der Waals surface area (Å²) < 4.78 is 10.4. The van der Waals surface area contributed by atoms with Crippen molar-refractivity contribution in [1.29, 1.82) is 0 Å². The summed E-state index contributed by atoms with van der Waals surface area (Å²) in [7, 11) is 3.15. The first kappa shape index (κ1) is 14.4. The van der Waals surface area contributed by atoms with Crippen molar-refractivity contribution in [3.63, 3.8) is 0 Å². The highest BCUT2D eigenvalue weighted by Gasteiger charge is 2.10. The van der Waals surface area contributed by atoms with Crippen molar-refractivity contribution in [2.45, 2.75) is 13.3 Å². The molecule has 5 heteroatoms. The number of amides is 1. The molecule has 2 aromatic rings. The Morgan fingerprint density at radius 2 is 1.80 bits per heavy atom. The second kappa shape index (κ2) is 6.43. The van der Waals surface area contributed by atoms with E-state index in [2.05, 4.69) is 12.2 Å². The monoisotopic (exact) mass is 291 g/mol. The van der Waals surface area contributed by atoms with Gasteiger partial charge in [0, 0.05) is 28.8 Å². The number of anilines is 1. The zero-order valence-corrected chi connectivity index (χ0v) is 12.5. The number of nitrogens with one attached hydrogen (secondary N) is 1. The Morgan fingerprint density at radius 1 is 1.15 bits per heavy atom. The van der Waals surface area contributed by atoms with Gasteiger partial charge in [0.2, 0.25) is 0 Å². The number of carbonyl (C=O) groups excluding carboxylic acids is 1. The maximum absolute atomic E-state index is 12.2. The van der Waals surface area contributed by atoms with E-state index in [4.69, 9.17) is 9.47 Å². The number of rotatable bonds is 5. The molecule has 0 aliphatic heterocycles. The number of methoxy groups -OCH3 is 2. The molecule has 20 heavy (non-hydrogen) atoms. The average Bonchev–Trinajstić information content (AvgIpc) is 2.95. The molecule has 1 N–H and O–H groups in total. The molecule has 1 heterocycles. The number of ether oxygens (including phenoxy) is 2. The second-order valence-corrected chi connectivity index (χ2v) is 5.34. The maximum Gasteiger partial charge on any atom is 0.265 e. The topological polar surface area (TPSA) is 47.6 Å². The molecule has 0 aliphatic carbocycles. The third-order valence-electron chi connectivity index (χ3n) is 2.84. The Morgan fingerprint density at radius 3 is 2.30 bits per heavy atom. The summed E-state index contributed by atoms with van der Waals surface area (Å²) in [4.78, 5) is 14.1. The number of hydrogen-bond acceptors (Lipinski definition) is 4. The van der Waals surface area contributed by atoms with Gasteiger partial charge in [-0.25, -0.2) is 0 Å². The normalized spacial score (nSPS) is 10.2. The summed E-state index contributed by atoms with van der Waals surface area (Å²) in [5.74, 6) is 1.16. The molecule has 0 atom stereocenters. The fraction of sp³-hybridized carbons (Fsp3) is 0.267. The largest absolute Gasteiger partial charge is 0.497 e. The molecule has 0 fully saturated rings. The molecule has 0 radical (unpaired) electrons. The molecular weight excluding hydrogens is 274 g/mol. The van der Waals surface area contributed by atoms with Crippen LogP contribution in [0.15, 0.2) is 30.3 Å². The minimum absolute atomic E-state index is 0.120.